The summed E-state index contributed by atoms with van der Waals surface area (Å²) in [6, 6.07) is 13.1. The maximum Gasteiger partial charge on any atom is 0.134 e. The quantitative estimate of drug-likeness (QED) is 0.716. The van der Waals surface area contributed by atoms with Gasteiger partial charge in [0.05, 0.1) is 6.54 Å². The van der Waals surface area contributed by atoms with Crippen molar-refractivity contribution in [3.05, 3.63) is 71.3 Å². The van der Waals surface area contributed by atoms with E-state index in [2.05, 4.69) is 4.99 Å². The molecule has 3 heteroatoms. The molecule has 2 rings (SSSR count). The highest BCUT2D eigenvalue weighted by atomic mass is 19.1. The first-order valence-corrected chi connectivity index (χ1v) is 5.24. The number of nitrogens with zero attached hydrogens (tertiary/aromatic N) is 1. The Bertz CT molecular complexity index is 521. The molecule has 0 aromatic heterocycles. The Labute approximate surface area is 98.4 Å². The van der Waals surface area contributed by atoms with Gasteiger partial charge in [0.1, 0.15) is 11.6 Å². The van der Waals surface area contributed by atoms with Gasteiger partial charge in [0, 0.05) is 17.8 Å². The number of hydrogen-bond acceptors (Lipinski definition) is 1. The number of hydrogen-bond donors (Lipinski definition) is 0. The van der Waals surface area contributed by atoms with Gasteiger partial charge < -0.3 is 0 Å². The van der Waals surface area contributed by atoms with E-state index >= 15 is 0 Å². The van der Waals surface area contributed by atoms with E-state index in [0.29, 0.717) is 12.1 Å². The first-order chi connectivity index (χ1) is 8.25. The van der Waals surface area contributed by atoms with Gasteiger partial charge in [-0.2, -0.15) is 0 Å². The maximum absolute atomic E-state index is 13.2. The number of benzene rings is 2. The van der Waals surface area contributed by atoms with Gasteiger partial charge in [-0.05, 0) is 17.7 Å². The van der Waals surface area contributed by atoms with Crippen LogP contribution in [0.15, 0.2) is 53.5 Å². The largest absolute Gasteiger partial charge is 0.288 e. The van der Waals surface area contributed by atoms with Gasteiger partial charge >= 0.3 is 0 Å². The molecular formula is C14H11F2N. The highest BCUT2D eigenvalue weighted by molar-refractivity contribution is 5.79. The zero-order valence-corrected chi connectivity index (χ0v) is 9.11. The molecule has 0 unspecified atom stereocenters. The Morgan fingerprint density at radius 1 is 1.00 bits per heavy atom. The number of halogens is 2. The van der Waals surface area contributed by atoms with Gasteiger partial charge in [-0.25, -0.2) is 8.78 Å². The van der Waals surface area contributed by atoms with E-state index in [9.17, 15) is 8.78 Å². The van der Waals surface area contributed by atoms with E-state index in [-0.39, 0.29) is 0 Å². The van der Waals surface area contributed by atoms with E-state index < -0.39 is 11.6 Å². The molecule has 0 aliphatic rings. The van der Waals surface area contributed by atoms with Crippen LogP contribution in [-0.2, 0) is 6.54 Å². The third kappa shape index (κ3) is 3.21. The maximum atomic E-state index is 13.2. The molecule has 0 radical (unpaired) electrons. The topological polar surface area (TPSA) is 12.4 Å². The van der Waals surface area contributed by atoms with Crippen molar-refractivity contribution < 1.29 is 8.78 Å². The fourth-order valence-corrected chi connectivity index (χ4v) is 1.44. The van der Waals surface area contributed by atoms with E-state index in [4.69, 9.17) is 0 Å². The summed E-state index contributed by atoms with van der Waals surface area (Å²) in [6.07, 6.45) is 1.42. The first kappa shape index (κ1) is 11.5. The molecular weight excluding hydrogens is 220 g/mol. The van der Waals surface area contributed by atoms with Crippen molar-refractivity contribution in [3.8, 4) is 0 Å². The van der Waals surface area contributed by atoms with E-state index in [1.807, 2.05) is 30.3 Å². The minimum absolute atomic E-state index is 0.294. The molecule has 1 nitrogen and oxygen atoms in total. The summed E-state index contributed by atoms with van der Waals surface area (Å²) >= 11 is 0. The number of rotatable bonds is 3. The SMILES string of the molecule is Fc1ccc(C=NCc2ccccc2)c(F)c1. The van der Waals surface area contributed by atoms with Gasteiger partial charge in [-0.1, -0.05) is 30.3 Å². The zero-order chi connectivity index (χ0) is 12.1. The lowest BCUT2D eigenvalue weighted by Crippen LogP contribution is -1.90. The van der Waals surface area contributed by atoms with E-state index in [0.717, 1.165) is 11.6 Å². The van der Waals surface area contributed by atoms with Crippen molar-refractivity contribution >= 4 is 6.21 Å². The van der Waals surface area contributed by atoms with Crippen LogP contribution in [0.25, 0.3) is 0 Å². The van der Waals surface area contributed by atoms with Crippen molar-refractivity contribution in [2.75, 3.05) is 0 Å². The van der Waals surface area contributed by atoms with Crippen LogP contribution in [0.3, 0.4) is 0 Å². The molecule has 0 spiro atoms. The molecule has 0 bridgehead atoms. The second kappa shape index (κ2) is 5.34. The molecule has 2 aromatic carbocycles. The molecule has 86 valence electrons. The minimum Gasteiger partial charge on any atom is -0.288 e. The van der Waals surface area contributed by atoms with Crippen molar-refractivity contribution in [1.29, 1.82) is 0 Å². The Kier molecular flexibility index (Phi) is 3.60. The monoisotopic (exact) mass is 231 g/mol. The molecule has 0 aliphatic carbocycles. The summed E-state index contributed by atoms with van der Waals surface area (Å²) in [5.41, 5.74) is 1.34. The first-order valence-electron chi connectivity index (χ1n) is 5.24. The average molecular weight is 231 g/mol. The molecule has 17 heavy (non-hydrogen) atoms. The zero-order valence-electron chi connectivity index (χ0n) is 9.11. The molecule has 0 saturated carbocycles. The second-order valence-corrected chi connectivity index (χ2v) is 3.62. The van der Waals surface area contributed by atoms with Gasteiger partial charge in [0.2, 0.25) is 0 Å². The molecule has 0 heterocycles. The Morgan fingerprint density at radius 2 is 1.76 bits per heavy atom. The van der Waals surface area contributed by atoms with E-state index in [1.165, 1.54) is 18.3 Å². The summed E-state index contributed by atoms with van der Waals surface area (Å²) < 4.78 is 25.9. The number of aliphatic imine (C=N–C) groups is 1. The lowest BCUT2D eigenvalue weighted by molar-refractivity contribution is 0.582. The third-order valence-electron chi connectivity index (χ3n) is 2.31. The van der Waals surface area contributed by atoms with Gasteiger partial charge in [0.25, 0.3) is 0 Å². The Morgan fingerprint density at radius 3 is 2.47 bits per heavy atom. The lowest BCUT2D eigenvalue weighted by Gasteiger charge is -1.97. The van der Waals surface area contributed by atoms with Gasteiger partial charge in [0.15, 0.2) is 0 Å². The fourth-order valence-electron chi connectivity index (χ4n) is 1.44. The van der Waals surface area contributed by atoms with Crippen molar-refractivity contribution in [2.24, 2.45) is 4.99 Å². The van der Waals surface area contributed by atoms with Crippen LogP contribution in [0.4, 0.5) is 8.78 Å². The van der Waals surface area contributed by atoms with Crippen molar-refractivity contribution in [1.82, 2.24) is 0 Å². The van der Waals surface area contributed by atoms with Crippen LogP contribution in [0.1, 0.15) is 11.1 Å². The van der Waals surface area contributed by atoms with Crippen LogP contribution in [0, 0.1) is 11.6 Å². The summed E-state index contributed by atoms with van der Waals surface area (Å²) in [5, 5.41) is 0. The fraction of sp³-hybridized carbons (Fsp3) is 0.0714. The van der Waals surface area contributed by atoms with Crippen molar-refractivity contribution in [2.45, 2.75) is 6.54 Å². The third-order valence-corrected chi connectivity index (χ3v) is 2.31. The summed E-state index contributed by atoms with van der Waals surface area (Å²) in [7, 11) is 0. The highest BCUT2D eigenvalue weighted by Crippen LogP contribution is 2.07. The second-order valence-electron chi connectivity index (χ2n) is 3.62. The molecule has 0 saturated heterocycles. The van der Waals surface area contributed by atoms with Crippen LogP contribution < -0.4 is 0 Å². The highest BCUT2D eigenvalue weighted by Gasteiger charge is 2.00. The molecule has 0 fully saturated rings. The predicted octanol–water partition coefficient (Wildman–Crippen LogP) is 3.58. The lowest BCUT2D eigenvalue weighted by atomic mass is 10.2. The van der Waals surface area contributed by atoms with Crippen LogP contribution in [0.5, 0.6) is 0 Å². The minimum atomic E-state index is -0.596. The summed E-state index contributed by atoms with van der Waals surface area (Å²) in [6.45, 7) is 0.484. The Balaban J connectivity index is 2.06. The molecule has 0 amide bonds. The van der Waals surface area contributed by atoms with Gasteiger partial charge in [-0.15, -0.1) is 0 Å². The standard InChI is InChI=1S/C14H11F2N/c15-13-7-6-12(14(16)8-13)10-17-9-11-4-2-1-3-5-11/h1-8,10H,9H2. The smallest absolute Gasteiger partial charge is 0.134 e. The average Bonchev–Trinajstić information content (AvgIpc) is 2.33. The Hall–Kier alpha value is -2.03. The van der Waals surface area contributed by atoms with Crippen LogP contribution >= 0.6 is 0 Å². The van der Waals surface area contributed by atoms with Crippen molar-refractivity contribution in [3.63, 3.8) is 0 Å². The van der Waals surface area contributed by atoms with E-state index in [1.54, 1.807) is 0 Å². The summed E-state index contributed by atoms with van der Waals surface area (Å²) in [5.74, 6) is -1.18. The molecule has 2 aromatic rings. The molecule has 0 N–H and O–H groups in total. The predicted molar refractivity (Wildman–Crippen MR) is 64.1 cm³/mol. The van der Waals surface area contributed by atoms with Crippen LogP contribution in [-0.4, -0.2) is 6.21 Å². The van der Waals surface area contributed by atoms with Crippen LogP contribution in [0.2, 0.25) is 0 Å². The van der Waals surface area contributed by atoms with Gasteiger partial charge in [-0.3, -0.25) is 4.99 Å². The molecule has 0 atom stereocenters. The summed E-state index contributed by atoms with van der Waals surface area (Å²) in [4.78, 5) is 4.11. The molecule has 0 aliphatic heterocycles. The normalized spacial score (nSPS) is 10.9.